The van der Waals surface area contributed by atoms with Crippen LogP contribution in [0, 0.1) is 0 Å². The molecule has 56 valence electrons. The third kappa shape index (κ3) is 3.35. The van der Waals surface area contributed by atoms with Crippen LogP contribution >= 0.6 is 0 Å². The minimum atomic E-state index is -2.58. The van der Waals surface area contributed by atoms with Gasteiger partial charge in [-0.2, -0.15) is 0 Å². The van der Waals surface area contributed by atoms with Crippen molar-refractivity contribution in [3.63, 3.8) is 0 Å². The maximum Gasteiger partial charge on any atom is 0.264 e. The summed E-state index contributed by atoms with van der Waals surface area (Å²) in [6, 6.07) is 0. The fourth-order valence-electron chi connectivity index (χ4n) is 0.454. The van der Waals surface area contributed by atoms with E-state index in [-0.39, 0.29) is 6.42 Å². The highest BCUT2D eigenvalue weighted by Gasteiger charge is 2.18. The number of hydrogen-bond acceptors (Lipinski definition) is 1. The lowest BCUT2D eigenvalue weighted by Crippen LogP contribution is -2.20. The molecule has 0 radical (unpaired) electrons. The van der Waals surface area contributed by atoms with Gasteiger partial charge in [0, 0.05) is 13.5 Å². The molecule has 0 aliphatic heterocycles. The standard InChI is InChI=1S/C5H9F3O/c1-9-4(2-3-6)5(7)8/h4-5H,2-3H2,1H3. The highest BCUT2D eigenvalue weighted by molar-refractivity contribution is 4.57. The quantitative estimate of drug-likeness (QED) is 0.579. The van der Waals surface area contributed by atoms with Crippen molar-refractivity contribution < 1.29 is 17.9 Å². The smallest absolute Gasteiger partial charge is 0.264 e. The van der Waals surface area contributed by atoms with Gasteiger partial charge in [0.05, 0.1) is 6.67 Å². The lowest BCUT2D eigenvalue weighted by Gasteiger charge is -2.10. The summed E-state index contributed by atoms with van der Waals surface area (Å²) in [5.41, 5.74) is 0. The molecule has 0 fully saturated rings. The van der Waals surface area contributed by atoms with Crippen LogP contribution in [0.4, 0.5) is 13.2 Å². The number of ether oxygens (including phenoxy) is 1. The Hall–Kier alpha value is -0.250. The van der Waals surface area contributed by atoms with Gasteiger partial charge in [-0.05, 0) is 0 Å². The molecule has 1 atom stereocenters. The first-order chi connectivity index (χ1) is 4.22. The van der Waals surface area contributed by atoms with E-state index < -0.39 is 19.2 Å². The van der Waals surface area contributed by atoms with E-state index in [1.807, 2.05) is 0 Å². The predicted molar refractivity (Wildman–Crippen MR) is 27.4 cm³/mol. The van der Waals surface area contributed by atoms with Crippen LogP contribution in [0.25, 0.3) is 0 Å². The maximum absolute atomic E-state index is 11.6. The van der Waals surface area contributed by atoms with E-state index in [2.05, 4.69) is 4.74 Å². The fraction of sp³-hybridized carbons (Fsp3) is 1.00. The summed E-state index contributed by atoms with van der Waals surface area (Å²) in [6.07, 6.45) is -4.05. The largest absolute Gasteiger partial charge is 0.375 e. The highest BCUT2D eigenvalue weighted by atomic mass is 19.3. The predicted octanol–water partition coefficient (Wildman–Crippen LogP) is 1.63. The van der Waals surface area contributed by atoms with Crippen molar-refractivity contribution in [1.82, 2.24) is 0 Å². The van der Waals surface area contributed by atoms with Crippen LogP contribution in [-0.2, 0) is 4.74 Å². The fourth-order valence-corrected chi connectivity index (χ4v) is 0.454. The number of halogens is 3. The third-order valence-corrected chi connectivity index (χ3v) is 0.977. The van der Waals surface area contributed by atoms with Gasteiger partial charge < -0.3 is 4.74 Å². The first-order valence-electron chi connectivity index (χ1n) is 2.59. The zero-order chi connectivity index (χ0) is 7.28. The van der Waals surface area contributed by atoms with Crippen molar-refractivity contribution in [2.45, 2.75) is 19.0 Å². The molecule has 0 aromatic carbocycles. The first kappa shape index (κ1) is 8.75. The van der Waals surface area contributed by atoms with Crippen molar-refractivity contribution >= 4 is 0 Å². The van der Waals surface area contributed by atoms with Crippen LogP contribution < -0.4 is 0 Å². The zero-order valence-electron chi connectivity index (χ0n) is 5.11. The average Bonchev–Trinajstić information content (AvgIpc) is 1.82. The van der Waals surface area contributed by atoms with Gasteiger partial charge in [0.15, 0.2) is 0 Å². The minimum Gasteiger partial charge on any atom is -0.375 e. The second-order valence-electron chi connectivity index (χ2n) is 1.59. The van der Waals surface area contributed by atoms with Crippen LogP contribution in [0.5, 0.6) is 0 Å². The van der Waals surface area contributed by atoms with Crippen molar-refractivity contribution in [1.29, 1.82) is 0 Å². The molecule has 0 aromatic heterocycles. The second-order valence-corrected chi connectivity index (χ2v) is 1.59. The van der Waals surface area contributed by atoms with Crippen LogP contribution in [-0.4, -0.2) is 26.3 Å². The topological polar surface area (TPSA) is 9.23 Å². The molecular formula is C5H9F3O. The molecule has 0 saturated heterocycles. The van der Waals surface area contributed by atoms with Crippen molar-refractivity contribution in [2.24, 2.45) is 0 Å². The minimum absolute atomic E-state index is 0.228. The van der Waals surface area contributed by atoms with Gasteiger partial charge in [-0.25, -0.2) is 8.78 Å². The number of hydrogen-bond donors (Lipinski definition) is 0. The van der Waals surface area contributed by atoms with E-state index in [4.69, 9.17) is 0 Å². The lowest BCUT2D eigenvalue weighted by atomic mass is 10.3. The summed E-state index contributed by atoms with van der Waals surface area (Å²) in [5, 5.41) is 0. The maximum atomic E-state index is 11.6. The molecule has 9 heavy (non-hydrogen) atoms. The van der Waals surface area contributed by atoms with Crippen LogP contribution in [0.15, 0.2) is 0 Å². The molecule has 0 bridgehead atoms. The number of methoxy groups -OCH3 is 1. The van der Waals surface area contributed by atoms with Gasteiger partial charge in [-0.1, -0.05) is 0 Å². The van der Waals surface area contributed by atoms with Gasteiger partial charge >= 0.3 is 0 Å². The molecule has 0 aromatic rings. The van der Waals surface area contributed by atoms with Crippen molar-refractivity contribution in [3.8, 4) is 0 Å². The molecule has 0 aliphatic rings. The molecule has 1 unspecified atom stereocenters. The van der Waals surface area contributed by atoms with Crippen LogP contribution in [0.1, 0.15) is 6.42 Å². The second kappa shape index (κ2) is 4.61. The molecule has 0 heterocycles. The Morgan fingerprint density at radius 3 is 2.11 bits per heavy atom. The van der Waals surface area contributed by atoms with E-state index in [1.165, 1.54) is 0 Å². The molecule has 0 spiro atoms. The van der Waals surface area contributed by atoms with Gasteiger partial charge in [-0.3, -0.25) is 4.39 Å². The SMILES string of the molecule is COC(CCF)C(F)F. The zero-order valence-corrected chi connectivity index (χ0v) is 5.11. The summed E-state index contributed by atoms with van der Waals surface area (Å²) >= 11 is 0. The van der Waals surface area contributed by atoms with E-state index in [0.717, 1.165) is 7.11 Å². The van der Waals surface area contributed by atoms with E-state index in [9.17, 15) is 13.2 Å². The van der Waals surface area contributed by atoms with Crippen molar-refractivity contribution in [2.75, 3.05) is 13.8 Å². The normalized spacial score (nSPS) is 14.3. The Bertz CT molecular complexity index is 67.2. The van der Waals surface area contributed by atoms with Gasteiger partial charge in [-0.15, -0.1) is 0 Å². The summed E-state index contributed by atoms with van der Waals surface area (Å²) < 4.78 is 38.8. The Kier molecular flexibility index (Phi) is 4.48. The third-order valence-electron chi connectivity index (χ3n) is 0.977. The lowest BCUT2D eigenvalue weighted by molar-refractivity contribution is -0.0390. The van der Waals surface area contributed by atoms with Crippen molar-refractivity contribution in [3.05, 3.63) is 0 Å². The van der Waals surface area contributed by atoms with E-state index in [0.29, 0.717) is 0 Å². The summed E-state index contributed by atoms with van der Waals surface area (Å²) in [5.74, 6) is 0. The Morgan fingerprint density at radius 2 is 2.00 bits per heavy atom. The molecule has 1 nitrogen and oxygen atoms in total. The molecule has 0 amide bonds. The molecule has 0 N–H and O–H groups in total. The molecule has 0 aliphatic carbocycles. The molecule has 0 rings (SSSR count). The summed E-state index contributed by atoms with van der Waals surface area (Å²) in [7, 11) is 1.15. The van der Waals surface area contributed by atoms with E-state index in [1.54, 1.807) is 0 Å². The summed E-state index contributed by atoms with van der Waals surface area (Å²) in [4.78, 5) is 0. The Morgan fingerprint density at radius 1 is 1.44 bits per heavy atom. The first-order valence-corrected chi connectivity index (χ1v) is 2.59. The molecular weight excluding hydrogens is 133 g/mol. The highest BCUT2D eigenvalue weighted by Crippen LogP contribution is 2.08. The number of alkyl halides is 3. The van der Waals surface area contributed by atoms with Gasteiger partial charge in [0.25, 0.3) is 6.43 Å². The monoisotopic (exact) mass is 142 g/mol. The van der Waals surface area contributed by atoms with Gasteiger partial charge in [0.1, 0.15) is 6.10 Å². The Balaban J connectivity index is 3.41. The summed E-state index contributed by atoms with van der Waals surface area (Å²) in [6.45, 7) is -0.761. The average molecular weight is 142 g/mol. The van der Waals surface area contributed by atoms with Gasteiger partial charge in [0.2, 0.25) is 0 Å². The molecule has 0 saturated carbocycles. The van der Waals surface area contributed by atoms with E-state index >= 15 is 0 Å². The van der Waals surface area contributed by atoms with Crippen LogP contribution in [0.2, 0.25) is 0 Å². The molecule has 4 heteroatoms. The number of rotatable bonds is 4. The Labute approximate surface area is 51.8 Å². The van der Waals surface area contributed by atoms with Crippen LogP contribution in [0.3, 0.4) is 0 Å².